The van der Waals surface area contributed by atoms with Crippen LogP contribution < -0.4 is 5.32 Å². The molecule has 1 aromatic heterocycles. The minimum Gasteiger partial charge on any atom is -0.396 e. The van der Waals surface area contributed by atoms with Crippen LogP contribution in [0.2, 0.25) is 0 Å². The van der Waals surface area contributed by atoms with Gasteiger partial charge >= 0.3 is 0 Å². The van der Waals surface area contributed by atoms with E-state index in [-0.39, 0.29) is 12.1 Å². The summed E-state index contributed by atoms with van der Waals surface area (Å²) < 4.78 is 1.79. The second-order valence-corrected chi connectivity index (χ2v) is 4.23. The highest BCUT2D eigenvalue weighted by Crippen LogP contribution is 2.08. The van der Waals surface area contributed by atoms with Crippen LogP contribution in [0.1, 0.15) is 25.8 Å². The summed E-state index contributed by atoms with van der Waals surface area (Å²) in [6.07, 6.45) is 4.59. The molecule has 0 spiro atoms. The van der Waals surface area contributed by atoms with Crippen LogP contribution in [0.25, 0.3) is 0 Å². The van der Waals surface area contributed by atoms with Crippen LogP contribution in [-0.2, 0) is 13.6 Å². The second kappa shape index (κ2) is 4.57. The first-order valence-corrected chi connectivity index (χ1v) is 4.87. The van der Waals surface area contributed by atoms with E-state index in [9.17, 15) is 0 Å². The van der Waals surface area contributed by atoms with E-state index in [1.54, 1.807) is 4.68 Å². The lowest BCUT2D eigenvalue weighted by Crippen LogP contribution is -2.39. The summed E-state index contributed by atoms with van der Waals surface area (Å²) in [5.41, 5.74) is 1.14. The summed E-state index contributed by atoms with van der Waals surface area (Å²) in [6, 6.07) is 0. The summed E-state index contributed by atoms with van der Waals surface area (Å²) in [5, 5.41) is 16.3. The van der Waals surface area contributed by atoms with E-state index in [0.717, 1.165) is 13.0 Å². The van der Waals surface area contributed by atoms with Gasteiger partial charge in [-0.15, -0.1) is 0 Å². The second-order valence-electron chi connectivity index (χ2n) is 4.23. The van der Waals surface area contributed by atoms with Gasteiger partial charge in [0.2, 0.25) is 0 Å². The van der Waals surface area contributed by atoms with E-state index < -0.39 is 0 Å². The average Bonchev–Trinajstić information content (AvgIpc) is 2.48. The molecule has 0 unspecified atom stereocenters. The van der Waals surface area contributed by atoms with Crippen LogP contribution in [0.15, 0.2) is 12.4 Å². The molecule has 0 amide bonds. The van der Waals surface area contributed by atoms with Gasteiger partial charge in [-0.3, -0.25) is 4.68 Å². The first-order valence-electron chi connectivity index (χ1n) is 4.87. The minimum absolute atomic E-state index is 0.0232. The molecule has 0 saturated carbocycles. The molecular formula is C10H19N3O. The van der Waals surface area contributed by atoms with Crippen molar-refractivity contribution >= 4 is 0 Å². The van der Waals surface area contributed by atoms with Gasteiger partial charge in [-0.2, -0.15) is 5.10 Å². The van der Waals surface area contributed by atoms with Crippen molar-refractivity contribution in [2.45, 2.75) is 32.4 Å². The van der Waals surface area contributed by atoms with E-state index in [2.05, 4.69) is 24.3 Å². The highest BCUT2D eigenvalue weighted by molar-refractivity contribution is 5.03. The van der Waals surface area contributed by atoms with Crippen molar-refractivity contribution in [2.75, 3.05) is 6.61 Å². The largest absolute Gasteiger partial charge is 0.396 e. The van der Waals surface area contributed by atoms with Crippen LogP contribution in [0.4, 0.5) is 0 Å². The number of aryl methyl sites for hydroxylation is 1. The molecule has 0 aromatic carbocycles. The molecular weight excluding hydrogens is 178 g/mol. The molecule has 0 aliphatic rings. The molecule has 14 heavy (non-hydrogen) atoms. The Kier molecular flexibility index (Phi) is 3.66. The molecule has 1 aromatic rings. The third-order valence-corrected chi connectivity index (χ3v) is 2.27. The van der Waals surface area contributed by atoms with Crippen LogP contribution in [-0.4, -0.2) is 27.0 Å². The highest BCUT2D eigenvalue weighted by atomic mass is 16.3. The van der Waals surface area contributed by atoms with Gasteiger partial charge in [0, 0.05) is 37.5 Å². The minimum atomic E-state index is -0.0232. The molecule has 0 bridgehead atoms. The summed E-state index contributed by atoms with van der Waals surface area (Å²) in [5.74, 6) is 0. The van der Waals surface area contributed by atoms with Crippen LogP contribution >= 0.6 is 0 Å². The quantitative estimate of drug-likeness (QED) is 0.729. The molecule has 0 fully saturated rings. The molecule has 2 N–H and O–H groups in total. The predicted octanol–water partition coefficient (Wildman–Crippen LogP) is 0.671. The van der Waals surface area contributed by atoms with Gasteiger partial charge in [0.05, 0.1) is 6.20 Å². The van der Waals surface area contributed by atoms with Crippen LogP contribution in [0.3, 0.4) is 0 Å². The SMILES string of the molecule is Cn1cc(CNC(C)(C)CCO)cn1. The monoisotopic (exact) mass is 197 g/mol. The van der Waals surface area contributed by atoms with E-state index in [4.69, 9.17) is 5.11 Å². The molecule has 1 rings (SSSR count). The fraction of sp³-hybridized carbons (Fsp3) is 0.700. The van der Waals surface area contributed by atoms with Gasteiger partial charge < -0.3 is 10.4 Å². The fourth-order valence-electron chi connectivity index (χ4n) is 1.27. The third-order valence-electron chi connectivity index (χ3n) is 2.27. The number of aliphatic hydroxyl groups excluding tert-OH is 1. The Bertz CT molecular complexity index is 281. The topological polar surface area (TPSA) is 50.1 Å². The maximum absolute atomic E-state index is 8.85. The third kappa shape index (κ3) is 3.47. The normalized spacial score (nSPS) is 12.0. The van der Waals surface area contributed by atoms with Crippen molar-refractivity contribution in [1.82, 2.24) is 15.1 Å². The Morgan fingerprint density at radius 2 is 2.29 bits per heavy atom. The number of aliphatic hydroxyl groups is 1. The van der Waals surface area contributed by atoms with Crippen molar-refractivity contribution < 1.29 is 5.11 Å². The predicted molar refractivity (Wildman–Crippen MR) is 55.8 cm³/mol. The lowest BCUT2D eigenvalue weighted by Gasteiger charge is -2.25. The van der Waals surface area contributed by atoms with Crippen molar-refractivity contribution in [3.8, 4) is 0 Å². The van der Waals surface area contributed by atoms with Crippen molar-refractivity contribution in [3.63, 3.8) is 0 Å². The van der Waals surface area contributed by atoms with Crippen molar-refractivity contribution in [3.05, 3.63) is 18.0 Å². The summed E-state index contributed by atoms with van der Waals surface area (Å²) in [6.45, 7) is 5.17. The fourth-order valence-corrected chi connectivity index (χ4v) is 1.27. The number of rotatable bonds is 5. The number of hydrogen-bond acceptors (Lipinski definition) is 3. The molecule has 4 heteroatoms. The molecule has 0 aliphatic carbocycles. The summed E-state index contributed by atoms with van der Waals surface area (Å²) in [4.78, 5) is 0. The molecule has 1 heterocycles. The maximum Gasteiger partial charge on any atom is 0.0534 e. The van der Waals surface area contributed by atoms with Gasteiger partial charge in [0.1, 0.15) is 0 Å². The lowest BCUT2D eigenvalue weighted by molar-refractivity contribution is 0.230. The first-order chi connectivity index (χ1) is 6.53. The average molecular weight is 197 g/mol. The lowest BCUT2D eigenvalue weighted by atomic mass is 10.0. The zero-order chi connectivity index (χ0) is 10.6. The van der Waals surface area contributed by atoms with Gasteiger partial charge in [-0.1, -0.05) is 0 Å². The number of hydrogen-bond donors (Lipinski definition) is 2. The van der Waals surface area contributed by atoms with E-state index in [0.29, 0.717) is 0 Å². The zero-order valence-corrected chi connectivity index (χ0v) is 9.12. The van der Waals surface area contributed by atoms with Crippen molar-refractivity contribution in [2.24, 2.45) is 7.05 Å². The smallest absolute Gasteiger partial charge is 0.0534 e. The van der Waals surface area contributed by atoms with E-state index in [1.807, 2.05) is 19.4 Å². The van der Waals surface area contributed by atoms with Crippen molar-refractivity contribution in [1.29, 1.82) is 0 Å². The highest BCUT2D eigenvalue weighted by Gasteiger charge is 2.15. The number of nitrogens with one attached hydrogen (secondary N) is 1. The molecule has 0 atom stereocenters. The molecule has 0 aliphatic heterocycles. The van der Waals surface area contributed by atoms with Crippen LogP contribution in [0, 0.1) is 0 Å². The maximum atomic E-state index is 8.85. The van der Waals surface area contributed by atoms with E-state index >= 15 is 0 Å². The summed E-state index contributed by atoms with van der Waals surface area (Å²) in [7, 11) is 1.91. The first kappa shape index (κ1) is 11.2. The number of nitrogens with zero attached hydrogens (tertiary/aromatic N) is 2. The standard InChI is InChI=1S/C10H19N3O/c1-10(2,4-5-14)11-6-9-7-12-13(3)8-9/h7-8,11,14H,4-6H2,1-3H3. The summed E-state index contributed by atoms with van der Waals surface area (Å²) >= 11 is 0. The van der Waals surface area contributed by atoms with E-state index in [1.165, 1.54) is 5.56 Å². The van der Waals surface area contributed by atoms with Gasteiger partial charge in [-0.25, -0.2) is 0 Å². The Morgan fingerprint density at radius 1 is 1.57 bits per heavy atom. The molecule has 0 radical (unpaired) electrons. The van der Waals surface area contributed by atoms with Gasteiger partial charge in [-0.05, 0) is 20.3 Å². The Labute approximate surface area is 84.9 Å². The Morgan fingerprint density at radius 3 is 2.79 bits per heavy atom. The number of aromatic nitrogens is 2. The molecule has 80 valence electrons. The molecule has 4 nitrogen and oxygen atoms in total. The van der Waals surface area contributed by atoms with Gasteiger partial charge in [0.15, 0.2) is 0 Å². The Hall–Kier alpha value is -0.870. The Balaban J connectivity index is 2.40. The molecule has 0 saturated heterocycles. The van der Waals surface area contributed by atoms with Gasteiger partial charge in [0.25, 0.3) is 0 Å². The van der Waals surface area contributed by atoms with Crippen LogP contribution in [0.5, 0.6) is 0 Å². The zero-order valence-electron chi connectivity index (χ0n) is 9.12.